The predicted octanol–water partition coefficient (Wildman–Crippen LogP) is 2.75. The molecule has 0 atom stereocenters. The van der Waals surface area contributed by atoms with Gasteiger partial charge in [0, 0.05) is 25.6 Å². The highest BCUT2D eigenvalue weighted by Gasteiger charge is 2.28. The van der Waals surface area contributed by atoms with Gasteiger partial charge in [-0.15, -0.1) is 24.0 Å². The van der Waals surface area contributed by atoms with Crippen molar-refractivity contribution in [1.29, 1.82) is 0 Å². The molecule has 0 spiro atoms. The first kappa shape index (κ1) is 24.0. The van der Waals surface area contributed by atoms with Crippen LogP contribution in [0, 0.1) is 0 Å². The number of halogens is 4. The minimum Gasteiger partial charge on any atom is -0.443 e. The normalized spacial score (nSPS) is 12.9. The SMILES string of the molecule is CN=C(NCCN(C)CC(F)(F)F)NCc1ncc(C(C)(C)C)o1.I. The first-order valence-electron chi connectivity index (χ1n) is 7.66. The number of nitrogens with one attached hydrogen (secondary N) is 2. The maximum Gasteiger partial charge on any atom is 0.401 e. The van der Waals surface area contributed by atoms with Crippen LogP contribution in [0.4, 0.5) is 13.2 Å². The minimum absolute atomic E-state index is 0. The Morgan fingerprint density at radius 2 is 1.92 bits per heavy atom. The first-order valence-corrected chi connectivity index (χ1v) is 7.66. The standard InChI is InChI=1S/C15H26F3N5O.HI/c1-14(2,3)11-8-21-12(24-11)9-22-13(19-4)20-6-7-23(5)10-15(16,17)18;/h8H,6-7,9-10H2,1-5H3,(H2,19,20,22);1H. The number of rotatable bonds is 6. The van der Waals surface area contributed by atoms with Crippen molar-refractivity contribution in [3.8, 4) is 0 Å². The van der Waals surface area contributed by atoms with Gasteiger partial charge in [-0.1, -0.05) is 20.8 Å². The third-order valence-electron chi connectivity index (χ3n) is 3.16. The van der Waals surface area contributed by atoms with Gasteiger partial charge >= 0.3 is 6.18 Å². The van der Waals surface area contributed by atoms with E-state index in [1.54, 1.807) is 13.2 Å². The number of alkyl halides is 3. The number of nitrogens with zero attached hydrogens (tertiary/aromatic N) is 3. The van der Waals surface area contributed by atoms with E-state index in [0.29, 0.717) is 24.9 Å². The summed E-state index contributed by atoms with van der Waals surface area (Å²) in [6, 6.07) is 0. The summed E-state index contributed by atoms with van der Waals surface area (Å²) in [4.78, 5) is 9.41. The molecule has 0 unspecified atom stereocenters. The van der Waals surface area contributed by atoms with Gasteiger partial charge in [-0.3, -0.25) is 9.89 Å². The maximum absolute atomic E-state index is 12.2. The molecule has 0 saturated carbocycles. The molecule has 1 aromatic rings. The van der Waals surface area contributed by atoms with Crippen molar-refractivity contribution in [3.05, 3.63) is 17.8 Å². The van der Waals surface area contributed by atoms with Crippen LogP contribution in [0.5, 0.6) is 0 Å². The summed E-state index contributed by atoms with van der Waals surface area (Å²) in [7, 11) is 3.01. The molecule has 1 heterocycles. The van der Waals surface area contributed by atoms with Crippen molar-refractivity contribution in [3.63, 3.8) is 0 Å². The van der Waals surface area contributed by atoms with E-state index in [-0.39, 0.29) is 35.9 Å². The van der Waals surface area contributed by atoms with Gasteiger partial charge in [0.2, 0.25) is 5.89 Å². The monoisotopic (exact) mass is 477 g/mol. The molecule has 0 amide bonds. The van der Waals surface area contributed by atoms with Gasteiger partial charge in [0.05, 0.1) is 19.3 Å². The Kier molecular flexibility index (Phi) is 9.77. The van der Waals surface area contributed by atoms with Crippen molar-refractivity contribution in [2.45, 2.75) is 38.9 Å². The van der Waals surface area contributed by atoms with Crippen LogP contribution in [0.1, 0.15) is 32.4 Å². The van der Waals surface area contributed by atoms with Crippen molar-refractivity contribution < 1.29 is 17.6 Å². The number of hydrogen-bond acceptors (Lipinski definition) is 4. The van der Waals surface area contributed by atoms with Gasteiger partial charge in [0.1, 0.15) is 5.76 Å². The maximum atomic E-state index is 12.2. The van der Waals surface area contributed by atoms with Crippen LogP contribution < -0.4 is 10.6 Å². The largest absolute Gasteiger partial charge is 0.443 e. The lowest BCUT2D eigenvalue weighted by molar-refractivity contribution is -0.142. The van der Waals surface area contributed by atoms with Gasteiger partial charge in [0.25, 0.3) is 0 Å². The predicted molar refractivity (Wildman–Crippen MR) is 102 cm³/mol. The zero-order valence-electron chi connectivity index (χ0n) is 15.2. The fraction of sp³-hybridized carbons (Fsp3) is 0.733. The summed E-state index contributed by atoms with van der Waals surface area (Å²) >= 11 is 0. The molecule has 1 rings (SSSR count). The Bertz CT molecular complexity index is 540. The second kappa shape index (κ2) is 10.2. The van der Waals surface area contributed by atoms with Gasteiger partial charge in [0.15, 0.2) is 5.96 Å². The zero-order chi connectivity index (χ0) is 18.4. The molecular formula is C15H27F3IN5O. The Labute approximate surface area is 163 Å². The molecule has 0 aliphatic heterocycles. The molecule has 0 aromatic carbocycles. The van der Waals surface area contributed by atoms with Gasteiger partial charge in [-0.2, -0.15) is 13.2 Å². The number of oxazole rings is 1. The topological polar surface area (TPSA) is 65.7 Å². The van der Waals surface area contributed by atoms with E-state index >= 15 is 0 Å². The molecule has 0 aliphatic carbocycles. The van der Waals surface area contributed by atoms with Crippen molar-refractivity contribution in [2.75, 3.05) is 33.7 Å². The Morgan fingerprint density at radius 3 is 2.40 bits per heavy atom. The molecule has 0 fully saturated rings. The van der Waals surface area contributed by atoms with E-state index in [0.717, 1.165) is 5.76 Å². The van der Waals surface area contributed by atoms with Crippen molar-refractivity contribution >= 4 is 29.9 Å². The summed E-state index contributed by atoms with van der Waals surface area (Å²) in [5.41, 5.74) is -0.117. The summed E-state index contributed by atoms with van der Waals surface area (Å²) in [5, 5.41) is 5.97. The lowest BCUT2D eigenvalue weighted by Crippen LogP contribution is -2.42. The van der Waals surface area contributed by atoms with Gasteiger partial charge in [-0.05, 0) is 7.05 Å². The molecule has 2 N–H and O–H groups in total. The number of likely N-dealkylation sites (N-methyl/N-ethyl adjacent to an activating group) is 1. The van der Waals surface area contributed by atoms with Crippen molar-refractivity contribution in [2.24, 2.45) is 4.99 Å². The molecule has 25 heavy (non-hydrogen) atoms. The van der Waals surface area contributed by atoms with Crippen LogP contribution in [0.3, 0.4) is 0 Å². The number of aliphatic imine (C=N–C) groups is 1. The summed E-state index contributed by atoms with van der Waals surface area (Å²) < 4.78 is 42.4. The minimum atomic E-state index is -4.19. The third-order valence-corrected chi connectivity index (χ3v) is 3.16. The first-order chi connectivity index (χ1) is 11.0. The molecule has 0 radical (unpaired) electrons. The molecule has 1 aromatic heterocycles. The zero-order valence-corrected chi connectivity index (χ0v) is 17.5. The lowest BCUT2D eigenvalue weighted by Gasteiger charge is -2.19. The summed E-state index contributed by atoms with van der Waals surface area (Å²) in [5.74, 6) is 1.79. The second-order valence-corrected chi connectivity index (χ2v) is 6.57. The Balaban J connectivity index is 0.00000576. The average molecular weight is 477 g/mol. The highest BCUT2D eigenvalue weighted by molar-refractivity contribution is 14.0. The van der Waals surface area contributed by atoms with E-state index in [2.05, 4.69) is 20.6 Å². The fourth-order valence-corrected chi connectivity index (χ4v) is 1.87. The van der Waals surface area contributed by atoms with E-state index < -0.39 is 12.7 Å². The molecular weight excluding hydrogens is 450 g/mol. The lowest BCUT2D eigenvalue weighted by atomic mass is 9.94. The Morgan fingerprint density at radius 1 is 1.28 bits per heavy atom. The molecule has 0 aliphatic rings. The quantitative estimate of drug-likeness (QED) is 0.375. The van der Waals surface area contributed by atoms with Crippen molar-refractivity contribution in [1.82, 2.24) is 20.5 Å². The van der Waals surface area contributed by atoms with E-state index in [1.807, 2.05) is 20.8 Å². The number of hydrogen-bond donors (Lipinski definition) is 2. The van der Waals surface area contributed by atoms with Crippen LogP contribution in [0.15, 0.2) is 15.6 Å². The van der Waals surface area contributed by atoms with Crippen LogP contribution in [-0.2, 0) is 12.0 Å². The number of guanidine groups is 1. The highest BCUT2D eigenvalue weighted by Crippen LogP contribution is 2.22. The average Bonchev–Trinajstić information content (AvgIpc) is 2.89. The molecule has 6 nitrogen and oxygen atoms in total. The van der Waals surface area contributed by atoms with Crippen LogP contribution >= 0.6 is 24.0 Å². The summed E-state index contributed by atoms with van der Waals surface area (Å²) in [6.45, 7) is 6.08. The molecule has 146 valence electrons. The van der Waals surface area contributed by atoms with Gasteiger partial charge < -0.3 is 15.1 Å². The fourth-order valence-electron chi connectivity index (χ4n) is 1.87. The molecule has 10 heteroatoms. The number of aromatic nitrogens is 1. The smallest absolute Gasteiger partial charge is 0.401 e. The van der Waals surface area contributed by atoms with Crippen LogP contribution in [0.25, 0.3) is 0 Å². The van der Waals surface area contributed by atoms with E-state index in [4.69, 9.17) is 4.42 Å². The van der Waals surface area contributed by atoms with Gasteiger partial charge in [-0.25, -0.2) is 4.98 Å². The molecule has 0 bridgehead atoms. The summed E-state index contributed by atoms with van der Waals surface area (Å²) in [6.07, 6.45) is -2.50. The second-order valence-electron chi connectivity index (χ2n) is 6.57. The third kappa shape index (κ3) is 9.88. The van der Waals surface area contributed by atoms with E-state index in [1.165, 1.54) is 11.9 Å². The van der Waals surface area contributed by atoms with E-state index in [9.17, 15) is 13.2 Å². The Hall–Kier alpha value is -1.04. The van der Waals surface area contributed by atoms with Crippen LogP contribution in [-0.4, -0.2) is 55.7 Å². The highest BCUT2D eigenvalue weighted by atomic mass is 127. The van der Waals surface area contributed by atoms with Crippen LogP contribution in [0.2, 0.25) is 0 Å². The molecule has 0 saturated heterocycles.